The van der Waals surface area contributed by atoms with Crippen LogP contribution in [0.15, 0.2) is 18.2 Å². The molecule has 0 aliphatic rings. The highest BCUT2D eigenvalue weighted by atomic mass is 19.1. The van der Waals surface area contributed by atoms with Gasteiger partial charge >= 0.3 is 0 Å². The predicted octanol–water partition coefficient (Wildman–Crippen LogP) is 1.70. The van der Waals surface area contributed by atoms with Gasteiger partial charge in [-0.25, -0.2) is 4.39 Å². The van der Waals surface area contributed by atoms with Gasteiger partial charge in [0.15, 0.2) is 0 Å². The molecular formula is C14H22FN3O. The van der Waals surface area contributed by atoms with Crippen molar-refractivity contribution in [2.75, 3.05) is 13.1 Å². The minimum Gasteiger partial charge on any atom is -0.389 e. The van der Waals surface area contributed by atoms with Gasteiger partial charge in [-0.1, -0.05) is 6.92 Å². The normalized spacial score (nSPS) is 11.9. The van der Waals surface area contributed by atoms with Crippen LogP contribution in [0.25, 0.3) is 0 Å². The summed E-state index contributed by atoms with van der Waals surface area (Å²) in [4.78, 5) is 2.01. The van der Waals surface area contributed by atoms with E-state index >= 15 is 0 Å². The third-order valence-electron chi connectivity index (χ3n) is 2.73. The van der Waals surface area contributed by atoms with E-state index < -0.39 is 11.4 Å². The standard InChI is InChI=1S/C14H22FN3O/c1-4-18(9-14(2,3)19)8-10-5-11(13(16)17)7-12(15)6-10/h5-7,19H,4,8-9H2,1-3H3,(H3,16,17). The van der Waals surface area contributed by atoms with E-state index in [9.17, 15) is 9.50 Å². The number of nitrogens with zero attached hydrogens (tertiary/aromatic N) is 1. The van der Waals surface area contributed by atoms with E-state index in [1.54, 1.807) is 19.9 Å². The van der Waals surface area contributed by atoms with E-state index in [4.69, 9.17) is 11.1 Å². The second kappa shape index (κ2) is 6.12. The molecular weight excluding hydrogens is 245 g/mol. The van der Waals surface area contributed by atoms with E-state index in [1.165, 1.54) is 12.1 Å². The van der Waals surface area contributed by atoms with Crippen LogP contribution in [0.4, 0.5) is 4.39 Å². The van der Waals surface area contributed by atoms with Gasteiger partial charge in [-0.2, -0.15) is 0 Å². The van der Waals surface area contributed by atoms with Gasteiger partial charge in [0, 0.05) is 18.7 Å². The Morgan fingerprint density at radius 1 is 1.42 bits per heavy atom. The van der Waals surface area contributed by atoms with Crippen molar-refractivity contribution >= 4 is 5.84 Å². The van der Waals surface area contributed by atoms with Gasteiger partial charge in [-0.3, -0.25) is 10.3 Å². The zero-order valence-corrected chi connectivity index (χ0v) is 11.7. The predicted molar refractivity (Wildman–Crippen MR) is 74.7 cm³/mol. The molecule has 0 aliphatic carbocycles. The fraction of sp³-hybridized carbons (Fsp3) is 0.500. The second-order valence-electron chi connectivity index (χ2n) is 5.38. The first-order chi connectivity index (χ1) is 8.71. The van der Waals surface area contributed by atoms with Crippen LogP contribution in [0.2, 0.25) is 0 Å². The SMILES string of the molecule is CCN(Cc1cc(F)cc(C(=N)N)c1)CC(C)(C)O. The summed E-state index contributed by atoms with van der Waals surface area (Å²) in [5.41, 5.74) is 5.71. The smallest absolute Gasteiger partial charge is 0.124 e. The Bertz CT molecular complexity index is 454. The molecule has 0 fully saturated rings. The average Bonchev–Trinajstić information content (AvgIpc) is 2.25. The number of halogens is 1. The first-order valence-corrected chi connectivity index (χ1v) is 6.30. The van der Waals surface area contributed by atoms with Gasteiger partial charge in [-0.05, 0) is 44.2 Å². The van der Waals surface area contributed by atoms with E-state index in [-0.39, 0.29) is 5.84 Å². The summed E-state index contributed by atoms with van der Waals surface area (Å²) >= 11 is 0. The molecule has 1 rings (SSSR count). The van der Waals surface area contributed by atoms with Crippen LogP contribution in [0.5, 0.6) is 0 Å². The minimum absolute atomic E-state index is 0.147. The maximum atomic E-state index is 13.5. The van der Waals surface area contributed by atoms with Crippen LogP contribution in [-0.2, 0) is 6.54 Å². The van der Waals surface area contributed by atoms with Crippen LogP contribution in [0.1, 0.15) is 31.9 Å². The zero-order chi connectivity index (χ0) is 14.6. The van der Waals surface area contributed by atoms with Crippen LogP contribution < -0.4 is 5.73 Å². The fourth-order valence-electron chi connectivity index (χ4n) is 1.98. The van der Waals surface area contributed by atoms with Crippen molar-refractivity contribution in [2.45, 2.75) is 32.9 Å². The topological polar surface area (TPSA) is 73.3 Å². The lowest BCUT2D eigenvalue weighted by Gasteiger charge is -2.28. The lowest BCUT2D eigenvalue weighted by molar-refractivity contribution is 0.0353. The maximum Gasteiger partial charge on any atom is 0.124 e. The molecule has 5 heteroatoms. The second-order valence-corrected chi connectivity index (χ2v) is 5.38. The van der Waals surface area contributed by atoms with Crippen molar-refractivity contribution in [1.29, 1.82) is 5.41 Å². The molecule has 0 bridgehead atoms. The molecule has 0 heterocycles. The summed E-state index contributed by atoms with van der Waals surface area (Å²) < 4.78 is 13.5. The molecule has 1 aromatic carbocycles. The summed E-state index contributed by atoms with van der Waals surface area (Å²) in [5, 5.41) is 17.2. The third-order valence-corrected chi connectivity index (χ3v) is 2.73. The largest absolute Gasteiger partial charge is 0.389 e. The molecule has 0 unspecified atom stereocenters. The van der Waals surface area contributed by atoms with E-state index in [2.05, 4.69) is 0 Å². The average molecular weight is 267 g/mol. The zero-order valence-electron chi connectivity index (χ0n) is 11.7. The van der Waals surface area contributed by atoms with Crippen molar-refractivity contribution in [3.63, 3.8) is 0 Å². The van der Waals surface area contributed by atoms with E-state index in [1.807, 2.05) is 11.8 Å². The molecule has 4 nitrogen and oxygen atoms in total. The number of hydrogen-bond acceptors (Lipinski definition) is 3. The first-order valence-electron chi connectivity index (χ1n) is 6.30. The molecule has 19 heavy (non-hydrogen) atoms. The summed E-state index contributed by atoms with van der Waals surface area (Å²) in [5.74, 6) is -0.548. The number of amidine groups is 1. The Morgan fingerprint density at radius 2 is 2.05 bits per heavy atom. The number of rotatable bonds is 6. The fourth-order valence-corrected chi connectivity index (χ4v) is 1.98. The number of aliphatic hydroxyl groups is 1. The Balaban J connectivity index is 2.88. The van der Waals surface area contributed by atoms with Gasteiger partial charge < -0.3 is 10.8 Å². The molecule has 0 saturated carbocycles. The highest BCUT2D eigenvalue weighted by Gasteiger charge is 2.17. The van der Waals surface area contributed by atoms with Crippen molar-refractivity contribution in [2.24, 2.45) is 5.73 Å². The Kier molecular flexibility index (Phi) is 5.03. The molecule has 106 valence electrons. The molecule has 0 radical (unpaired) electrons. The molecule has 0 aliphatic heterocycles. The highest BCUT2D eigenvalue weighted by Crippen LogP contribution is 2.13. The summed E-state index contributed by atoms with van der Waals surface area (Å²) in [6.45, 7) is 7.21. The lowest BCUT2D eigenvalue weighted by Crippen LogP contribution is -2.38. The van der Waals surface area contributed by atoms with Crippen LogP contribution in [0, 0.1) is 11.2 Å². The van der Waals surface area contributed by atoms with Crippen LogP contribution >= 0.6 is 0 Å². The monoisotopic (exact) mass is 267 g/mol. The van der Waals surface area contributed by atoms with E-state index in [0.29, 0.717) is 18.7 Å². The quantitative estimate of drug-likeness (QED) is 0.542. The number of nitrogens with one attached hydrogen (secondary N) is 1. The Hall–Kier alpha value is -1.46. The molecule has 0 spiro atoms. The van der Waals surface area contributed by atoms with Gasteiger partial charge in [0.05, 0.1) is 5.60 Å². The number of likely N-dealkylation sites (N-methyl/N-ethyl adjacent to an activating group) is 1. The summed E-state index contributed by atoms with van der Waals surface area (Å²) in [7, 11) is 0. The highest BCUT2D eigenvalue weighted by molar-refractivity contribution is 5.95. The van der Waals surface area contributed by atoms with Crippen molar-refractivity contribution < 1.29 is 9.50 Å². The number of nitrogen functional groups attached to an aromatic ring is 1. The van der Waals surface area contributed by atoms with Crippen molar-refractivity contribution in [1.82, 2.24) is 4.90 Å². The van der Waals surface area contributed by atoms with Gasteiger partial charge in [0.25, 0.3) is 0 Å². The molecule has 0 atom stereocenters. The molecule has 0 amide bonds. The summed E-state index contributed by atoms with van der Waals surface area (Å²) in [6, 6.07) is 4.38. The first kappa shape index (κ1) is 15.6. The van der Waals surface area contributed by atoms with Crippen molar-refractivity contribution in [3.8, 4) is 0 Å². The van der Waals surface area contributed by atoms with Crippen LogP contribution in [-0.4, -0.2) is 34.5 Å². The van der Waals surface area contributed by atoms with Gasteiger partial charge in [0.1, 0.15) is 11.7 Å². The summed E-state index contributed by atoms with van der Waals surface area (Å²) in [6.07, 6.45) is 0. The number of hydrogen-bond donors (Lipinski definition) is 3. The minimum atomic E-state index is -0.799. The Labute approximate surface area is 113 Å². The maximum absolute atomic E-state index is 13.5. The number of nitrogens with two attached hydrogens (primary N) is 1. The molecule has 4 N–H and O–H groups in total. The van der Waals surface area contributed by atoms with Crippen LogP contribution in [0.3, 0.4) is 0 Å². The molecule has 1 aromatic rings. The lowest BCUT2D eigenvalue weighted by atomic mass is 10.1. The van der Waals surface area contributed by atoms with Gasteiger partial charge in [-0.15, -0.1) is 0 Å². The Morgan fingerprint density at radius 3 is 2.53 bits per heavy atom. The van der Waals surface area contributed by atoms with Crippen molar-refractivity contribution in [3.05, 3.63) is 35.1 Å². The van der Waals surface area contributed by atoms with Gasteiger partial charge in [0.2, 0.25) is 0 Å². The third kappa shape index (κ3) is 5.36. The molecule has 0 saturated heterocycles. The van der Waals surface area contributed by atoms with E-state index in [0.717, 1.165) is 12.1 Å². The molecule has 0 aromatic heterocycles. The number of benzene rings is 1.